The van der Waals surface area contributed by atoms with Crippen LogP contribution < -0.4 is 15.4 Å². The molecular weight excluding hydrogens is 308 g/mol. The van der Waals surface area contributed by atoms with Crippen LogP contribution in [0.2, 0.25) is 0 Å². The quantitative estimate of drug-likeness (QED) is 0.563. The molecule has 22 heavy (non-hydrogen) atoms. The van der Waals surface area contributed by atoms with E-state index in [2.05, 4.69) is 10.6 Å². The van der Waals surface area contributed by atoms with E-state index < -0.39 is 6.09 Å². The Morgan fingerprint density at radius 3 is 2.55 bits per heavy atom. The highest BCUT2D eigenvalue weighted by molar-refractivity contribution is 6.18. The van der Waals surface area contributed by atoms with Crippen LogP contribution in [0.5, 0.6) is 5.75 Å². The number of ether oxygens (including phenoxy) is 2. The molecule has 0 saturated heterocycles. The van der Waals surface area contributed by atoms with Crippen LogP contribution in [0, 0.1) is 13.8 Å². The number of alkyl carbamates (subject to hydrolysis) is 1. The third-order valence-corrected chi connectivity index (χ3v) is 3.03. The lowest BCUT2D eigenvalue weighted by Gasteiger charge is -2.09. The second-order valence-electron chi connectivity index (χ2n) is 4.64. The molecule has 0 saturated carbocycles. The van der Waals surface area contributed by atoms with Crippen LogP contribution in [0.25, 0.3) is 0 Å². The molecule has 0 aromatic heterocycles. The molecule has 0 fully saturated rings. The molecule has 0 aliphatic carbocycles. The van der Waals surface area contributed by atoms with Crippen LogP contribution in [0.15, 0.2) is 18.2 Å². The van der Waals surface area contributed by atoms with Crippen LogP contribution >= 0.6 is 11.6 Å². The first-order valence-electron chi connectivity index (χ1n) is 6.96. The number of amides is 2. The first kappa shape index (κ1) is 18.1. The normalized spacial score (nSPS) is 9.95. The summed E-state index contributed by atoms with van der Waals surface area (Å²) in [6.07, 6.45) is -0.554. The second kappa shape index (κ2) is 9.89. The molecule has 0 aliphatic rings. The summed E-state index contributed by atoms with van der Waals surface area (Å²) in [5, 5.41) is 5.12. The van der Waals surface area contributed by atoms with E-state index >= 15 is 0 Å². The monoisotopic (exact) mass is 328 g/mol. The predicted molar refractivity (Wildman–Crippen MR) is 84.5 cm³/mol. The highest BCUT2D eigenvalue weighted by atomic mass is 35.5. The van der Waals surface area contributed by atoms with Crippen LogP contribution in [-0.4, -0.2) is 44.2 Å². The minimum atomic E-state index is -0.554. The van der Waals surface area contributed by atoms with Gasteiger partial charge in [-0.1, -0.05) is 6.07 Å². The Morgan fingerprint density at radius 2 is 1.86 bits per heavy atom. The van der Waals surface area contributed by atoms with Crippen LogP contribution in [0.3, 0.4) is 0 Å². The minimum Gasteiger partial charge on any atom is -0.484 e. The van der Waals surface area contributed by atoms with Crippen molar-refractivity contribution in [2.75, 3.05) is 32.2 Å². The molecule has 0 atom stereocenters. The fraction of sp³-hybridized carbons (Fsp3) is 0.467. The standard InChI is InChI=1S/C15H21ClN2O4/c1-11-3-4-13(9-12(11)2)22-10-14(19)17-6-7-18-15(20)21-8-5-16/h3-4,9H,5-8,10H2,1-2H3,(H,17,19)(H,18,20). The molecule has 1 aromatic rings. The Labute approximate surface area is 135 Å². The van der Waals surface area contributed by atoms with E-state index in [1.165, 1.54) is 5.56 Å². The third-order valence-electron chi connectivity index (χ3n) is 2.88. The number of hydrogen-bond acceptors (Lipinski definition) is 4. The number of nitrogens with one attached hydrogen (secondary N) is 2. The molecule has 1 rings (SSSR count). The number of hydrogen-bond donors (Lipinski definition) is 2. The number of aryl methyl sites for hydroxylation is 2. The number of rotatable bonds is 8. The molecule has 2 N–H and O–H groups in total. The van der Waals surface area contributed by atoms with Crippen molar-refractivity contribution in [1.82, 2.24) is 10.6 Å². The van der Waals surface area contributed by atoms with E-state index in [0.717, 1.165) is 5.56 Å². The Hall–Kier alpha value is -1.95. The summed E-state index contributed by atoms with van der Waals surface area (Å²) in [6, 6.07) is 5.65. The summed E-state index contributed by atoms with van der Waals surface area (Å²) in [6.45, 7) is 4.65. The SMILES string of the molecule is Cc1ccc(OCC(=O)NCCNC(=O)OCCCl)cc1C. The lowest BCUT2D eigenvalue weighted by atomic mass is 10.1. The van der Waals surface area contributed by atoms with Crippen molar-refractivity contribution < 1.29 is 19.1 Å². The molecule has 0 aliphatic heterocycles. The van der Waals surface area contributed by atoms with Gasteiger partial charge in [-0.15, -0.1) is 11.6 Å². The van der Waals surface area contributed by atoms with E-state index in [-0.39, 0.29) is 31.5 Å². The molecule has 7 heteroatoms. The molecule has 6 nitrogen and oxygen atoms in total. The first-order chi connectivity index (χ1) is 10.5. The predicted octanol–water partition coefficient (Wildman–Crippen LogP) is 1.76. The van der Waals surface area contributed by atoms with E-state index in [4.69, 9.17) is 21.1 Å². The van der Waals surface area contributed by atoms with Crippen LogP contribution in [-0.2, 0) is 9.53 Å². The number of alkyl halides is 1. The van der Waals surface area contributed by atoms with E-state index in [1.807, 2.05) is 32.0 Å². The van der Waals surface area contributed by atoms with Gasteiger partial charge in [-0.2, -0.15) is 0 Å². The fourth-order valence-corrected chi connectivity index (χ4v) is 1.63. The molecule has 0 unspecified atom stereocenters. The van der Waals surface area contributed by atoms with Gasteiger partial charge in [0, 0.05) is 13.1 Å². The molecular formula is C15H21ClN2O4. The summed E-state index contributed by atoms with van der Waals surface area (Å²) in [4.78, 5) is 22.7. The smallest absolute Gasteiger partial charge is 0.407 e. The van der Waals surface area contributed by atoms with Crippen molar-refractivity contribution in [3.63, 3.8) is 0 Å². The molecule has 0 spiro atoms. The van der Waals surface area contributed by atoms with Gasteiger partial charge >= 0.3 is 6.09 Å². The average molecular weight is 329 g/mol. The van der Waals surface area contributed by atoms with Gasteiger partial charge in [0.1, 0.15) is 12.4 Å². The van der Waals surface area contributed by atoms with Crippen molar-refractivity contribution >= 4 is 23.6 Å². The molecule has 0 heterocycles. The largest absolute Gasteiger partial charge is 0.484 e. The zero-order valence-corrected chi connectivity index (χ0v) is 13.5. The first-order valence-corrected chi connectivity index (χ1v) is 7.49. The van der Waals surface area contributed by atoms with Gasteiger partial charge in [-0.05, 0) is 37.1 Å². The summed E-state index contributed by atoms with van der Waals surface area (Å²) in [7, 11) is 0. The van der Waals surface area contributed by atoms with Gasteiger partial charge in [0.15, 0.2) is 6.61 Å². The van der Waals surface area contributed by atoms with E-state index in [1.54, 1.807) is 0 Å². The van der Waals surface area contributed by atoms with Crippen LogP contribution in [0.1, 0.15) is 11.1 Å². The van der Waals surface area contributed by atoms with Gasteiger partial charge < -0.3 is 20.1 Å². The van der Waals surface area contributed by atoms with Gasteiger partial charge in [-0.3, -0.25) is 4.79 Å². The van der Waals surface area contributed by atoms with E-state index in [9.17, 15) is 9.59 Å². The van der Waals surface area contributed by atoms with Gasteiger partial charge in [0.2, 0.25) is 0 Å². The summed E-state index contributed by atoms with van der Waals surface area (Å²) in [5.41, 5.74) is 2.28. The summed E-state index contributed by atoms with van der Waals surface area (Å²) in [5.74, 6) is 0.648. The molecule has 2 amide bonds. The zero-order valence-electron chi connectivity index (χ0n) is 12.8. The topological polar surface area (TPSA) is 76.7 Å². The minimum absolute atomic E-state index is 0.0702. The maximum Gasteiger partial charge on any atom is 0.407 e. The second-order valence-corrected chi connectivity index (χ2v) is 5.01. The number of carbonyl (C=O) groups is 2. The van der Waals surface area contributed by atoms with Gasteiger partial charge in [-0.25, -0.2) is 4.79 Å². The van der Waals surface area contributed by atoms with Crippen molar-refractivity contribution in [1.29, 1.82) is 0 Å². The van der Waals surface area contributed by atoms with Crippen LogP contribution in [0.4, 0.5) is 4.79 Å². The average Bonchev–Trinajstić information content (AvgIpc) is 2.50. The van der Waals surface area contributed by atoms with E-state index in [0.29, 0.717) is 12.3 Å². The number of halogens is 1. The molecule has 1 aromatic carbocycles. The number of benzene rings is 1. The van der Waals surface area contributed by atoms with Crippen molar-refractivity contribution in [2.24, 2.45) is 0 Å². The zero-order chi connectivity index (χ0) is 16.4. The van der Waals surface area contributed by atoms with Crippen molar-refractivity contribution in [3.8, 4) is 5.75 Å². The number of carbonyl (C=O) groups excluding carboxylic acids is 2. The highest BCUT2D eigenvalue weighted by Gasteiger charge is 2.04. The third kappa shape index (κ3) is 7.17. The van der Waals surface area contributed by atoms with Crippen molar-refractivity contribution in [3.05, 3.63) is 29.3 Å². The highest BCUT2D eigenvalue weighted by Crippen LogP contribution is 2.16. The van der Waals surface area contributed by atoms with Gasteiger partial charge in [0.25, 0.3) is 5.91 Å². The van der Waals surface area contributed by atoms with Crippen molar-refractivity contribution in [2.45, 2.75) is 13.8 Å². The lowest BCUT2D eigenvalue weighted by molar-refractivity contribution is -0.123. The maximum absolute atomic E-state index is 11.6. The maximum atomic E-state index is 11.6. The molecule has 122 valence electrons. The lowest BCUT2D eigenvalue weighted by Crippen LogP contribution is -2.37. The summed E-state index contributed by atoms with van der Waals surface area (Å²) >= 11 is 5.38. The Balaban J connectivity index is 2.15. The summed E-state index contributed by atoms with van der Waals surface area (Å²) < 4.78 is 10.1. The fourth-order valence-electron chi connectivity index (χ4n) is 1.55. The molecule has 0 radical (unpaired) electrons. The Kier molecular flexibility index (Phi) is 8.14. The molecule has 0 bridgehead atoms. The Bertz CT molecular complexity index is 508. The van der Waals surface area contributed by atoms with Gasteiger partial charge in [0.05, 0.1) is 5.88 Å². The Morgan fingerprint density at radius 1 is 1.14 bits per heavy atom.